The van der Waals surface area contributed by atoms with Crippen molar-refractivity contribution in [3.8, 4) is 0 Å². The molecule has 132 valence electrons. The SMILES string of the molecule is NC(=O)CN1CCC(C(=O)NC(CO)c2cc(Cl)cc(Cl)c2)CC1. The first kappa shape index (κ1) is 19.0. The zero-order valence-corrected chi connectivity index (χ0v) is 14.7. The van der Waals surface area contributed by atoms with Crippen molar-refractivity contribution in [3.05, 3.63) is 33.8 Å². The van der Waals surface area contributed by atoms with Crippen molar-refractivity contribution >= 4 is 35.0 Å². The summed E-state index contributed by atoms with van der Waals surface area (Å²) in [4.78, 5) is 25.3. The molecule has 0 aliphatic carbocycles. The number of rotatable bonds is 6. The molecule has 1 fully saturated rings. The highest BCUT2D eigenvalue weighted by atomic mass is 35.5. The van der Waals surface area contributed by atoms with Crippen LogP contribution in [-0.4, -0.2) is 48.1 Å². The molecule has 1 unspecified atom stereocenters. The third-order valence-electron chi connectivity index (χ3n) is 4.12. The maximum Gasteiger partial charge on any atom is 0.231 e. The molecule has 1 heterocycles. The van der Waals surface area contributed by atoms with Crippen molar-refractivity contribution < 1.29 is 14.7 Å². The van der Waals surface area contributed by atoms with Gasteiger partial charge in [0, 0.05) is 16.0 Å². The molecule has 2 amide bonds. The van der Waals surface area contributed by atoms with Gasteiger partial charge in [-0.25, -0.2) is 0 Å². The topological polar surface area (TPSA) is 95.7 Å². The summed E-state index contributed by atoms with van der Waals surface area (Å²) in [6, 6.07) is 4.38. The van der Waals surface area contributed by atoms with Gasteiger partial charge >= 0.3 is 0 Å². The molecule has 0 saturated carbocycles. The number of halogens is 2. The summed E-state index contributed by atoms with van der Waals surface area (Å²) in [6.07, 6.45) is 1.29. The molecule has 1 aliphatic rings. The van der Waals surface area contributed by atoms with Crippen LogP contribution in [0.15, 0.2) is 18.2 Å². The molecule has 0 radical (unpaired) electrons. The summed E-state index contributed by atoms with van der Waals surface area (Å²) in [7, 11) is 0. The van der Waals surface area contributed by atoms with E-state index in [4.69, 9.17) is 28.9 Å². The highest BCUT2D eigenvalue weighted by Gasteiger charge is 2.27. The lowest BCUT2D eigenvalue weighted by molar-refractivity contribution is -0.127. The number of piperidine rings is 1. The normalized spacial score (nSPS) is 17.5. The third kappa shape index (κ3) is 5.34. The Balaban J connectivity index is 1.94. The van der Waals surface area contributed by atoms with E-state index in [-0.39, 0.29) is 30.9 Å². The average Bonchev–Trinajstić information content (AvgIpc) is 2.51. The van der Waals surface area contributed by atoms with Crippen LogP contribution in [-0.2, 0) is 9.59 Å². The summed E-state index contributed by atoms with van der Waals surface area (Å²) in [5.74, 6) is -0.641. The Bertz CT molecular complexity index is 584. The Morgan fingerprint density at radius 2 is 1.83 bits per heavy atom. The largest absolute Gasteiger partial charge is 0.394 e. The van der Waals surface area contributed by atoms with Crippen molar-refractivity contribution in [1.29, 1.82) is 0 Å². The smallest absolute Gasteiger partial charge is 0.231 e. The number of amides is 2. The Morgan fingerprint density at radius 3 is 2.33 bits per heavy atom. The van der Waals surface area contributed by atoms with Gasteiger partial charge < -0.3 is 16.2 Å². The van der Waals surface area contributed by atoms with Crippen molar-refractivity contribution in [2.45, 2.75) is 18.9 Å². The molecule has 4 N–H and O–H groups in total. The monoisotopic (exact) mass is 373 g/mol. The first-order chi connectivity index (χ1) is 11.4. The number of hydrogen-bond acceptors (Lipinski definition) is 4. The minimum atomic E-state index is -0.558. The fourth-order valence-electron chi connectivity index (χ4n) is 2.87. The van der Waals surface area contributed by atoms with E-state index in [2.05, 4.69) is 5.32 Å². The summed E-state index contributed by atoms with van der Waals surface area (Å²) in [5.41, 5.74) is 5.84. The Labute approximate surface area is 150 Å². The molecule has 1 aromatic carbocycles. The van der Waals surface area contributed by atoms with Crippen LogP contribution in [0.5, 0.6) is 0 Å². The van der Waals surface area contributed by atoms with E-state index >= 15 is 0 Å². The van der Waals surface area contributed by atoms with E-state index in [1.54, 1.807) is 18.2 Å². The summed E-state index contributed by atoms with van der Waals surface area (Å²) in [5, 5.41) is 13.3. The molecule has 0 spiro atoms. The van der Waals surface area contributed by atoms with E-state index in [0.717, 1.165) is 0 Å². The van der Waals surface area contributed by atoms with Crippen LogP contribution in [0, 0.1) is 5.92 Å². The molecule has 2 rings (SSSR count). The van der Waals surface area contributed by atoms with Crippen LogP contribution in [0.25, 0.3) is 0 Å². The molecule has 1 atom stereocenters. The zero-order valence-electron chi connectivity index (χ0n) is 13.2. The van der Waals surface area contributed by atoms with Gasteiger partial charge in [0.15, 0.2) is 0 Å². The van der Waals surface area contributed by atoms with Gasteiger partial charge in [0.05, 0.1) is 19.2 Å². The predicted molar refractivity (Wildman–Crippen MR) is 92.8 cm³/mol. The number of aliphatic hydroxyl groups excluding tert-OH is 1. The van der Waals surface area contributed by atoms with Crippen LogP contribution in [0.1, 0.15) is 24.4 Å². The van der Waals surface area contributed by atoms with Crippen molar-refractivity contribution in [2.75, 3.05) is 26.2 Å². The van der Waals surface area contributed by atoms with Crippen molar-refractivity contribution in [3.63, 3.8) is 0 Å². The number of carbonyl (C=O) groups excluding carboxylic acids is 2. The van der Waals surface area contributed by atoms with E-state index in [0.29, 0.717) is 41.5 Å². The molecule has 0 bridgehead atoms. The zero-order chi connectivity index (χ0) is 17.7. The second-order valence-electron chi connectivity index (χ2n) is 5.96. The molecule has 1 aromatic rings. The van der Waals surface area contributed by atoms with Crippen LogP contribution >= 0.6 is 23.2 Å². The van der Waals surface area contributed by atoms with Gasteiger partial charge in [-0.2, -0.15) is 0 Å². The van der Waals surface area contributed by atoms with Crippen LogP contribution in [0.2, 0.25) is 10.0 Å². The number of primary amides is 1. The Hall–Kier alpha value is -1.34. The van der Waals surface area contributed by atoms with Crippen LogP contribution in [0.3, 0.4) is 0 Å². The van der Waals surface area contributed by atoms with E-state index < -0.39 is 6.04 Å². The van der Waals surface area contributed by atoms with Gasteiger partial charge in [0.2, 0.25) is 11.8 Å². The standard InChI is InChI=1S/C16H21Cl2N3O3/c17-12-5-11(6-13(18)7-12)14(9-22)20-16(24)10-1-3-21(4-2-10)8-15(19)23/h5-7,10,14,22H,1-4,8-9H2,(H2,19,23)(H,20,24). The average molecular weight is 374 g/mol. The van der Waals surface area contributed by atoms with Gasteiger partial charge in [0.1, 0.15) is 0 Å². The second-order valence-corrected chi connectivity index (χ2v) is 6.84. The number of aliphatic hydroxyl groups is 1. The second kappa shape index (κ2) is 8.67. The molecule has 0 aromatic heterocycles. The molecule has 6 nitrogen and oxygen atoms in total. The Morgan fingerprint density at radius 1 is 1.25 bits per heavy atom. The highest BCUT2D eigenvalue weighted by molar-refractivity contribution is 6.34. The lowest BCUT2D eigenvalue weighted by Gasteiger charge is -2.31. The maximum atomic E-state index is 12.4. The fraction of sp³-hybridized carbons (Fsp3) is 0.500. The number of nitrogens with two attached hydrogens (primary N) is 1. The summed E-state index contributed by atoms with van der Waals surface area (Å²) < 4.78 is 0. The highest BCUT2D eigenvalue weighted by Crippen LogP contribution is 2.24. The molecule has 8 heteroatoms. The molecule has 1 aliphatic heterocycles. The lowest BCUT2D eigenvalue weighted by atomic mass is 9.95. The summed E-state index contributed by atoms with van der Waals surface area (Å²) in [6.45, 7) is 1.26. The molecular weight excluding hydrogens is 353 g/mol. The van der Waals surface area contributed by atoms with E-state index in [9.17, 15) is 14.7 Å². The number of likely N-dealkylation sites (tertiary alicyclic amines) is 1. The van der Waals surface area contributed by atoms with Crippen LogP contribution < -0.4 is 11.1 Å². The lowest BCUT2D eigenvalue weighted by Crippen LogP contribution is -2.44. The van der Waals surface area contributed by atoms with Crippen LogP contribution in [0.4, 0.5) is 0 Å². The number of benzene rings is 1. The maximum absolute atomic E-state index is 12.4. The summed E-state index contributed by atoms with van der Waals surface area (Å²) >= 11 is 11.9. The first-order valence-electron chi connectivity index (χ1n) is 7.77. The van der Waals surface area contributed by atoms with Crippen molar-refractivity contribution in [2.24, 2.45) is 11.7 Å². The Kier molecular flexibility index (Phi) is 6.86. The van der Waals surface area contributed by atoms with Crippen molar-refractivity contribution in [1.82, 2.24) is 10.2 Å². The fourth-order valence-corrected chi connectivity index (χ4v) is 3.42. The van der Waals surface area contributed by atoms with Gasteiger partial charge in [-0.1, -0.05) is 23.2 Å². The van der Waals surface area contributed by atoms with E-state index in [1.807, 2.05) is 4.90 Å². The molecular formula is C16H21Cl2N3O3. The van der Waals surface area contributed by atoms with E-state index in [1.165, 1.54) is 0 Å². The number of nitrogens with one attached hydrogen (secondary N) is 1. The van der Waals surface area contributed by atoms with Gasteiger partial charge in [-0.05, 0) is 49.7 Å². The minimum Gasteiger partial charge on any atom is -0.394 e. The minimum absolute atomic E-state index is 0.121. The number of nitrogens with zero attached hydrogens (tertiary/aromatic N) is 1. The molecule has 1 saturated heterocycles. The third-order valence-corrected chi connectivity index (χ3v) is 4.56. The number of carbonyl (C=O) groups is 2. The number of hydrogen-bond donors (Lipinski definition) is 3. The molecule has 24 heavy (non-hydrogen) atoms. The van der Waals surface area contributed by atoms with Gasteiger partial charge in [-0.3, -0.25) is 14.5 Å². The first-order valence-corrected chi connectivity index (χ1v) is 8.52. The predicted octanol–water partition coefficient (Wildman–Crippen LogP) is 1.34. The quantitative estimate of drug-likeness (QED) is 0.700. The van der Waals surface area contributed by atoms with Gasteiger partial charge in [-0.15, -0.1) is 0 Å². The van der Waals surface area contributed by atoms with Gasteiger partial charge in [0.25, 0.3) is 0 Å².